The molecule has 2 aliphatic heterocycles. The van der Waals surface area contributed by atoms with Gasteiger partial charge in [-0.15, -0.1) is 0 Å². The molecule has 6 atom stereocenters. The molecule has 0 radical (unpaired) electrons. The van der Waals surface area contributed by atoms with Gasteiger partial charge in [-0.25, -0.2) is 9.59 Å². The van der Waals surface area contributed by atoms with Crippen molar-refractivity contribution in [1.29, 1.82) is 0 Å². The Morgan fingerprint density at radius 2 is 1.97 bits per heavy atom. The van der Waals surface area contributed by atoms with Crippen LogP contribution in [0, 0.1) is 22.7 Å². The van der Waals surface area contributed by atoms with Gasteiger partial charge in [0, 0.05) is 11.5 Å². The fraction of sp³-hybridized carbons (Fsp3) is 0.778. The first-order chi connectivity index (χ1) is 15.9. The van der Waals surface area contributed by atoms with E-state index in [9.17, 15) is 9.59 Å². The van der Waals surface area contributed by atoms with Gasteiger partial charge in [0.15, 0.2) is 11.9 Å². The standard InChI is InChI=1S/C27H41NO6/c1-16(2)28-24(30)33-20-14-31-23(29)18(20)9-10-19-17(3)8-11-21-26(19,6)13-12-22-27(21,7)15-32-25(4,5)34-22/h9,16,19-22H,3,8,10-15H2,1-2,4-7H3,(H,28,30)/b18-9-/t19-,20?,21?,22-,26+,27+/m1/s1. The number of carbonyl (C=O) groups excluding carboxylic acids is 2. The van der Waals surface area contributed by atoms with E-state index in [1.54, 1.807) is 0 Å². The van der Waals surface area contributed by atoms with Crippen LogP contribution in [0.2, 0.25) is 0 Å². The summed E-state index contributed by atoms with van der Waals surface area (Å²) in [5, 5.41) is 2.70. The second-order valence-corrected chi connectivity index (χ2v) is 11.8. The van der Waals surface area contributed by atoms with Crippen molar-refractivity contribution < 1.29 is 28.5 Å². The SMILES string of the molecule is C=C1CCC2[C@]3(C)COC(C)(C)O[C@@H]3CC[C@@]2(C)[C@@H]1C/C=C1\C(=O)OCC1OC(=O)NC(C)C. The Hall–Kier alpha value is -1.86. The van der Waals surface area contributed by atoms with Crippen LogP contribution in [0.4, 0.5) is 4.79 Å². The molecule has 4 fully saturated rings. The number of cyclic esters (lactones) is 1. The first-order valence-corrected chi connectivity index (χ1v) is 12.7. The normalized spacial score (nSPS) is 40.5. The minimum absolute atomic E-state index is 0.0275. The van der Waals surface area contributed by atoms with Crippen molar-refractivity contribution in [2.45, 2.75) is 97.7 Å². The molecule has 0 bridgehead atoms. The molecule has 2 heterocycles. The van der Waals surface area contributed by atoms with Crippen molar-refractivity contribution in [2.75, 3.05) is 13.2 Å². The zero-order valence-corrected chi connectivity index (χ0v) is 21.6. The van der Waals surface area contributed by atoms with E-state index in [0.717, 1.165) is 25.7 Å². The van der Waals surface area contributed by atoms with E-state index in [4.69, 9.17) is 18.9 Å². The van der Waals surface area contributed by atoms with E-state index in [0.29, 0.717) is 24.5 Å². The van der Waals surface area contributed by atoms with Gasteiger partial charge in [-0.2, -0.15) is 0 Å². The Bertz CT molecular complexity index is 878. The van der Waals surface area contributed by atoms with Gasteiger partial charge in [0.25, 0.3) is 0 Å². The summed E-state index contributed by atoms with van der Waals surface area (Å²) in [4.78, 5) is 24.6. The summed E-state index contributed by atoms with van der Waals surface area (Å²) in [6.07, 6.45) is 5.64. The molecule has 1 N–H and O–H groups in total. The van der Waals surface area contributed by atoms with Crippen LogP contribution in [0.3, 0.4) is 0 Å². The molecule has 4 rings (SSSR count). The number of hydrogen-bond acceptors (Lipinski definition) is 6. The molecule has 1 amide bonds. The average molecular weight is 476 g/mol. The van der Waals surface area contributed by atoms with Crippen LogP contribution in [0.15, 0.2) is 23.8 Å². The Labute approximate surface area is 203 Å². The second kappa shape index (κ2) is 8.98. The molecule has 4 aliphatic rings. The van der Waals surface area contributed by atoms with Gasteiger partial charge in [0.1, 0.15) is 6.61 Å². The molecule has 0 aromatic heterocycles. The summed E-state index contributed by atoms with van der Waals surface area (Å²) in [5.74, 6) is -0.287. The monoisotopic (exact) mass is 475 g/mol. The van der Waals surface area contributed by atoms with Crippen LogP contribution < -0.4 is 5.32 Å². The Morgan fingerprint density at radius 3 is 2.68 bits per heavy atom. The second-order valence-electron chi connectivity index (χ2n) is 11.8. The number of ether oxygens (including phenoxy) is 4. The lowest BCUT2D eigenvalue weighted by atomic mass is 9.46. The lowest BCUT2D eigenvalue weighted by molar-refractivity contribution is -0.344. The molecule has 0 spiro atoms. The number of rotatable bonds is 4. The van der Waals surface area contributed by atoms with Gasteiger partial charge in [0.05, 0.1) is 18.3 Å². The Kier molecular flexibility index (Phi) is 6.66. The molecule has 2 saturated heterocycles. The number of esters is 1. The van der Waals surface area contributed by atoms with Gasteiger partial charge in [-0.05, 0) is 77.0 Å². The van der Waals surface area contributed by atoms with Crippen LogP contribution in [-0.2, 0) is 23.7 Å². The summed E-state index contributed by atoms with van der Waals surface area (Å²) < 4.78 is 23.3. The van der Waals surface area contributed by atoms with Crippen LogP contribution in [0.1, 0.15) is 73.6 Å². The third kappa shape index (κ3) is 4.53. The van der Waals surface area contributed by atoms with E-state index in [1.807, 2.05) is 33.8 Å². The van der Waals surface area contributed by atoms with E-state index in [-0.39, 0.29) is 35.5 Å². The molecule has 7 nitrogen and oxygen atoms in total. The maximum Gasteiger partial charge on any atom is 0.408 e. The summed E-state index contributed by atoms with van der Waals surface area (Å²) in [7, 11) is 0. The fourth-order valence-electron chi connectivity index (χ4n) is 6.91. The zero-order valence-electron chi connectivity index (χ0n) is 21.6. The number of alkyl carbamates (subject to hydrolysis) is 1. The Morgan fingerprint density at radius 1 is 1.24 bits per heavy atom. The molecule has 7 heteroatoms. The average Bonchev–Trinajstić information content (AvgIpc) is 3.06. The van der Waals surface area contributed by atoms with E-state index < -0.39 is 24.0 Å². The number of allylic oxidation sites excluding steroid dienone is 2. The van der Waals surface area contributed by atoms with Crippen LogP contribution in [0.5, 0.6) is 0 Å². The van der Waals surface area contributed by atoms with Gasteiger partial charge in [-0.1, -0.05) is 32.1 Å². The molecule has 2 aliphatic carbocycles. The lowest BCUT2D eigenvalue weighted by Crippen LogP contribution is -2.62. The minimum Gasteiger partial charge on any atom is -0.458 e. The van der Waals surface area contributed by atoms with Gasteiger partial charge in [-0.3, -0.25) is 0 Å². The number of carbonyl (C=O) groups is 2. The summed E-state index contributed by atoms with van der Waals surface area (Å²) >= 11 is 0. The number of fused-ring (bicyclic) bond motifs is 3. The van der Waals surface area contributed by atoms with Crippen LogP contribution in [-0.4, -0.2) is 49.3 Å². The van der Waals surface area contributed by atoms with Gasteiger partial charge in [0.2, 0.25) is 0 Å². The highest BCUT2D eigenvalue weighted by Gasteiger charge is 2.60. The van der Waals surface area contributed by atoms with E-state index in [1.165, 1.54) is 5.57 Å². The number of nitrogens with one attached hydrogen (secondary N) is 1. The van der Waals surface area contributed by atoms with Crippen molar-refractivity contribution in [1.82, 2.24) is 5.32 Å². The largest absolute Gasteiger partial charge is 0.458 e. The van der Waals surface area contributed by atoms with Crippen molar-refractivity contribution in [3.63, 3.8) is 0 Å². The predicted octanol–water partition coefficient (Wildman–Crippen LogP) is 4.90. The summed E-state index contributed by atoms with van der Waals surface area (Å²) in [6, 6.07) is -0.0461. The highest BCUT2D eigenvalue weighted by molar-refractivity contribution is 5.92. The lowest BCUT2D eigenvalue weighted by Gasteiger charge is -2.63. The molecule has 34 heavy (non-hydrogen) atoms. The first-order valence-electron chi connectivity index (χ1n) is 12.7. The topological polar surface area (TPSA) is 83.1 Å². The third-order valence-electron chi connectivity index (χ3n) is 8.65. The molecular weight excluding hydrogens is 434 g/mol. The molecular formula is C27H41NO6. The van der Waals surface area contributed by atoms with Crippen molar-refractivity contribution in [3.05, 3.63) is 23.8 Å². The van der Waals surface area contributed by atoms with Crippen molar-refractivity contribution in [3.8, 4) is 0 Å². The van der Waals surface area contributed by atoms with Crippen LogP contribution >= 0.6 is 0 Å². The van der Waals surface area contributed by atoms with Crippen molar-refractivity contribution in [2.24, 2.45) is 22.7 Å². The molecule has 2 saturated carbocycles. The van der Waals surface area contributed by atoms with Gasteiger partial charge >= 0.3 is 12.1 Å². The maximum absolute atomic E-state index is 12.4. The first kappa shape index (κ1) is 25.2. The number of hydrogen-bond donors (Lipinski definition) is 1. The van der Waals surface area contributed by atoms with Crippen LogP contribution in [0.25, 0.3) is 0 Å². The number of amides is 1. The van der Waals surface area contributed by atoms with Crippen molar-refractivity contribution >= 4 is 12.1 Å². The summed E-state index contributed by atoms with van der Waals surface area (Å²) in [5.41, 5.74) is 1.64. The summed E-state index contributed by atoms with van der Waals surface area (Å²) in [6.45, 7) is 17.6. The smallest absolute Gasteiger partial charge is 0.408 e. The zero-order chi connectivity index (χ0) is 24.9. The van der Waals surface area contributed by atoms with Gasteiger partial charge < -0.3 is 24.3 Å². The van der Waals surface area contributed by atoms with E-state index >= 15 is 0 Å². The Balaban J connectivity index is 1.54. The molecule has 190 valence electrons. The third-order valence-corrected chi connectivity index (χ3v) is 8.65. The molecule has 0 aromatic rings. The highest BCUT2D eigenvalue weighted by atomic mass is 16.7. The fourth-order valence-corrected chi connectivity index (χ4v) is 6.91. The maximum atomic E-state index is 12.4. The molecule has 0 aromatic carbocycles. The highest BCUT2D eigenvalue weighted by Crippen LogP contribution is 2.63. The quantitative estimate of drug-likeness (QED) is 0.354. The van der Waals surface area contributed by atoms with E-state index in [2.05, 4.69) is 25.7 Å². The minimum atomic E-state index is -0.678. The molecule has 2 unspecified atom stereocenters. The predicted molar refractivity (Wildman–Crippen MR) is 128 cm³/mol.